The number of amides is 2. The van der Waals surface area contributed by atoms with E-state index in [0.29, 0.717) is 18.8 Å². The Morgan fingerprint density at radius 1 is 1.07 bits per heavy atom. The fraction of sp³-hybridized carbons (Fsp3) is 0.261. The van der Waals surface area contributed by atoms with Crippen LogP contribution in [0.1, 0.15) is 18.4 Å². The maximum Gasteiger partial charge on any atom is 0.321 e. The molecule has 4 rings (SSSR count). The maximum absolute atomic E-state index is 12.6. The number of hydrogen-bond acceptors (Lipinski definition) is 4. The van der Waals surface area contributed by atoms with Crippen LogP contribution >= 0.6 is 0 Å². The number of benzene rings is 2. The molecule has 0 spiro atoms. The number of hydrogen-bond donors (Lipinski definition) is 2. The zero-order chi connectivity index (χ0) is 21.1. The van der Waals surface area contributed by atoms with Gasteiger partial charge in [0.25, 0.3) is 5.56 Å². The van der Waals surface area contributed by atoms with E-state index in [9.17, 15) is 14.9 Å². The van der Waals surface area contributed by atoms with E-state index in [-0.39, 0.29) is 23.2 Å². The molecule has 0 unspecified atom stereocenters. The lowest BCUT2D eigenvalue weighted by molar-refractivity contribution is 0.197. The summed E-state index contributed by atoms with van der Waals surface area (Å²) in [6.45, 7) is 1.20. The number of para-hydroxylation sites is 2. The molecule has 1 aliphatic rings. The van der Waals surface area contributed by atoms with Gasteiger partial charge in [0.15, 0.2) is 0 Å². The second kappa shape index (κ2) is 8.29. The molecule has 1 aliphatic heterocycles. The summed E-state index contributed by atoms with van der Waals surface area (Å²) in [5, 5.41) is 16.8. The molecule has 7 heteroatoms. The number of carbonyl (C=O) groups is 1. The molecule has 0 aliphatic carbocycles. The highest BCUT2D eigenvalue weighted by Crippen LogP contribution is 2.27. The molecule has 3 aromatic rings. The summed E-state index contributed by atoms with van der Waals surface area (Å²) in [7, 11) is 1.68. The lowest BCUT2D eigenvalue weighted by atomic mass is 10.0. The highest BCUT2D eigenvalue weighted by molar-refractivity contribution is 5.94. The van der Waals surface area contributed by atoms with Gasteiger partial charge in [-0.3, -0.25) is 4.79 Å². The molecule has 0 atom stereocenters. The molecule has 2 N–H and O–H groups in total. The molecule has 2 amide bonds. The quantitative estimate of drug-likeness (QED) is 0.703. The van der Waals surface area contributed by atoms with Gasteiger partial charge in [-0.15, -0.1) is 0 Å². The van der Waals surface area contributed by atoms with Gasteiger partial charge in [-0.2, -0.15) is 5.26 Å². The molecule has 1 fully saturated rings. The number of fused-ring (bicyclic) bond motifs is 1. The van der Waals surface area contributed by atoms with Crippen LogP contribution < -0.4 is 16.2 Å². The second-order valence-electron chi connectivity index (χ2n) is 7.44. The van der Waals surface area contributed by atoms with Crippen LogP contribution in [0.4, 0.5) is 16.2 Å². The highest BCUT2D eigenvalue weighted by atomic mass is 16.2. The lowest BCUT2D eigenvalue weighted by Crippen LogP contribution is -2.44. The molecule has 0 radical (unpaired) electrons. The monoisotopic (exact) mass is 401 g/mol. The van der Waals surface area contributed by atoms with Crippen LogP contribution in [0.25, 0.3) is 10.9 Å². The predicted octanol–water partition coefficient (Wildman–Crippen LogP) is 3.52. The first kappa shape index (κ1) is 19.5. The van der Waals surface area contributed by atoms with Gasteiger partial charge in [-0.1, -0.05) is 36.4 Å². The van der Waals surface area contributed by atoms with Gasteiger partial charge in [-0.05, 0) is 31.0 Å². The average molecular weight is 401 g/mol. The number of pyridine rings is 1. The maximum atomic E-state index is 12.6. The average Bonchev–Trinajstić information content (AvgIpc) is 2.78. The van der Waals surface area contributed by atoms with Crippen LogP contribution in [-0.4, -0.2) is 34.6 Å². The minimum absolute atomic E-state index is 0.0772. The largest absolute Gasteiger partial charge is 0.380 e. The number of aromatic nitrogens is 1. The Morgan fingerprint density at radius 2 is 1.73 bits per heavy atom. The zero-order valence-corrected chi connectivity index (χ0v) is 16.8. The Kier molecular flexibility index (Phi) is 5.40. The van der Waals surface area contributed by atoms with Gasteiger partial charge in [-0.25, -0.2) is 4.79 Å². The number of aryl methyl sites for hydroxylation is 1. The van der Waals surface area contributed by atoms with Crippen LogP contribution in [0.3, 0.4) is 0 Å². The van der Waals surface area contributed by atoms with Crippen molar-refractivity contribution in [3.63, 3.8) is 0 Å². The van der Waals surface area contributed by atoms with Gasteiger partial charge >= 0.3 is 6.03 Å². The fourth-order valence-electron chi connectivity index (χ4n) is 3.90. The van der Waals surface area contributed by atoms with Gasteiger partial charge in [0.05, 0.1) is 11.2 Å². The second-order valence-corrected chi connectivity index (χ2v) is 7.44. The Bertz CT molecular complexity index is 1170. The van der Waals surface area contributed by atoms with Crippen LogP contribution in [0.2, 0.25) is 0 Å². The first-order valence-electron chi connectivity index (χ1n) is 9.98. The Morgan fingerprint density at radius 3 is 2.43 bits per heavy atom. The molecule has 30 heavy (non-hydrogen) atoms. The summed E-state index contributed by atoms with van der Waals surface area (Å²) in [4.78, 5) is 26.9. The molecule has 2 aromatic carbocycles. The van der Waals surface area contributed by atoms with Gasteiger partial charge < -0.3 is 20.1 Å². The number of nitriles is 1. The van der Waals surface area contributed by atoms with E-state index in [2.05, 4.69) is 16.7 Å². The number of likely N-dealkylation sites (tertiary alicyclic amines) is 1. The Labute approximate surface area is 174 Å². The van der Waals surface area contributed by atoms with Crippen LogP contribution in [0.5, 0.6) is 0 Å². The third kappa shape index (κ3) is 3.72. The number of nitrogens with one attached hydrogen (secondary N) is 2. The van der Waals surface area contributed by atoms with Gasteiger partial charge in [0, 0.05) is 37.3 Å². The summed E-state index contributed by atoms with van der Waals surface area (Å²) in [5.41, 5.74) is 1.96. The van der Waals surface area contributed by atoms with Crippen LogP contribution in [-0.2, 0) is 7.05 Å². The molecular weight excluding hydrogens is 378 g/mol. The van der Waals surface area contributed by atoms with Crippen molar-refractivity contribution < 1.29 is 4.79 Å². The van der Waals surface area contributed by atoms with E-state index in [0.717, 1.165) is 29.4 Å². The van der Waals surface area contributed by atoms with E-state index >= 15 is 0 Å². The summed E-state index contributed by atoms with van der Waals surface area (Å²) in [6.07, 6.45) is 1.47. The molecular formula is C23H23N5O2. The summed E-state index contributed by atoms with van der Waals surface area (Å²) >= 11 is 0. The summed E-state index contributed by atoms with van der Waals surface area (Å²) in [5.74, 6) is 0. The molecule has 152 valence electrons. The lowest BCUT2D eigenvalue weighted by Gasteiger charge is -2.33. The number of piperidine rings is 1. The van der Waals surface area contributed by atoms with Crippen molar-refractivity contribution in [2.45, 2.75) is 18.9 Å². The molecule has 1 aromatic heterocycles. The zero-order valence-electron chi connectivity index (χ0n) is 16.8. The summed E-state index contributed by atoms with van der Waals surface area (Å²) in [6, 6.07) is 19.0. The predicted molar refractivity (Wildman–Crippen MR) is 118 cm³/mol. The van der Waals surface area contributed by atoms with Crippen molar-refractivity contribution in [1.29, 1.82) is 5.26 Å². The minimum Gasteiger partial charge on any atom is -0.380 e. The van der Waals surface area contributed by atoms with Crippen molar-refractivity contribution in [3.05, 3.63) is 70.5 Å². The smallest absolute Gasteiger partial charge is 0.321 e. The van der Waals surface area contributed by atoms with E-state index in [1.165, 1.54) is 4.57 Å². The SMILES string of the molecule is Cn1c(=O)c(C#N)c(NC2CCN(C(=O)Nc3ccccc3)CC2)c2ccccc21. The first-order valence-corrected chi connectivity index (χ1v) is 9.98. The van der Waals surface area contributed by atoms with Crippen molar-refractivity contribution in [2.24, 2.45) is 7.05 Å². The van der Waals surface area contributed by atoms with Crippen molar-refractivity contribution in [1.82, 2.24) is 9.47 Å². The third-order valence-electron chi connectivity index (χ3n) is 5.57. The van der Waals surface area contributed by atoms with E-state index < -0.39 is 0 Å². The minimum atomic E-state index is -0.307. The Balaban J connectivity index is 1.49. The molecule has 0 saturated carbocycles. The normalized spacial score (nSPS) is 14.3. The van der Waals surface area contributed by atoms with Crippen molar-refractivity contribution in [3.8, 4) is 6.07 Å². The van der Waals surface area contributed by atoms with E-state index in [1.54, 1.807) is 11.9 Å². The van der Waals surface area contributed by atoms with E-state index in [1.807, 2.05) is 54.6 Å². The summed E-state index contributed by atoms with van der Waals surface area (Å²) < 4.78 is 1.51. The topological polar surface area (TPSA) is 90.2 Å². The van der Waals surface area contributed by atoms with Gasteiger partial charge in [0.1, 0.15) is 11.6 Å². The van der Waals surface area contributed by atoms with Crippen LogP contribution in [0, 0.1) is 11.3 Å². The molecule has 1 saturated heterocycles. The van der Waals surface area contributed by atoms with E-state index in [4.69, 9.17) is 0 Å². The standard InChI is InChI=1S/C23H23N5O2/c1-27-20-10-6-5-9-18(20)21(19(15-24)22(27)29)25-17-11-13-28(14-12-17)23(30)26-16-7-3-2-4-8-16/h2-10,17,25H,11-14H2,1H3,(H,26,30). The number of nitrogens with zero attached hydrogens (tertiary/aromatic N) is 3. The third-order valence-corrected chi connectivity index (χ3v) is 5.57. The number of carbonyl (C=O) groups excluding carboxylic acids is 1. The first-order chi connectivity index (χ1) is 14.6. The molecule has 2 heterocycles. The highest BCUT2D eigenvalue weighted by Gasteiger charge is 2.25. The van der Waals surface area contributed by atoms with Crippen molar-refractivity contribution >= 4 is 28.3 Å². The number of urea groups is 1. The molecule has 0 bridgehead atoms. The van der Waals surface area contributed by atoms with Gasteiger partial charge in [0.2, 0.25) is 0 Å². The fourth-order valence-corrected chi connectivity index (χ4v) is 3.90. The molecule has 7 nitrogen and oxygen atoms in total. The number of anilines is 2. The van der Waals surface area contributed by atoms with Crippen molar-refractivity contribution in [2.75, 3.05) is 23.7 Å². The Hall–Kier alpha value is -3.79. The number of rotatable bonds is 3. The van der Waals surface area contributed by atoms with Crippen LogP contribution in [0.15, 0.2) is 59.4 Å².